The van der Waals surface area contributed by atoms with E-state index in [1.54, 1.807) is 0 Å². The molecule has 2 aromatic rings. The van der Waals surface area contributed by atoms with Crippen molar-refractivity contribution in [1.29, 1.82) is 0 Å². The number of aromatic nitrogens is 1. The number of amides is 1. The van der Waals surface area contributed by atoms with E-state index in [2.05, 4.69) is 36.0 Å². The Morgan fingerprint density at radius 3 is 2.71 bits per heavy atom. The van der Waals surface area contributed by atoms with Crippen molar-refractivity contribution in [3.63, 3.8) is 0 Å². The Morgan fingerprint density at radius 1 is 1.12 bits per heavy atom. The third kappa shape index (κ3) is 2.89. The van der Waals surface area contributed by atoms with E-state index in [-0.39, 0.29) is 5.91 Å². The van der Waals surface area contributed by atoms with E-state index in [0.717, 1.165) is 53.3 Å². The highest BCUT2D eigenvalue weighted by atomic mass is 79.9. The monoisotopic (exact) mass is 384 g/mol. The van der Waals surface area contributed by atoms with Crippen LogP contribution in [0.25, 0.3) is 5.57 Å². The molecule has 1 fully saturated rings. The van der Waals surface area contributed by atoms with Gasteiger partial charge in [0.15, 0.2) is 0 Å². The largest absolute Gasteiger partial charge is 0.373 e. The number of nitrogens with one attached hydrogen (secondary N) is 1. The van der Waals surface area contributed by atoms with E-state index in [0.29, 0.717) is 0 Å². The maximum absolute atomic E-state index is 12.3. The van der Waals surface area contributed by atoms with Gasteiger partial charge in [0, 0.05) is 54.3 Å². The number of hydrogen-bond donors (Lipinski definition) is 1. The number of anilines is 2. The van der Waals surface area contributed by atoms with Gasteiger partial charge in [-0.05, 0) is 30.3 Å². The Balaban J connectivity index is 1.50. The zero-order valence-electron chi connectivity index (χ0n) is 13.1. The van der Waals surface area contributed by atoms with E-state index >= 15 is 0 Å². The lowest BCUT2D eigenvalue weighted by atomic mass is 10.1. The number of rotatable bonds is 2. The summed E-state index contributed by atoms with van der Waals surface area (Å²) in [7, 11) is 0. The van der Waals surface area contributed by atoms with Crippen LogP contribution in [0.3, 0.4) is 0 Å². The van der Waals surface area contributed by atoms with Gasteiger partial charge in [-0.1, -0.05) is 22.0 Å². The quantitative estimate of drug-likeness (QED) is 0.808. The van der Waals surface area contributed by atoms with Crippen LogP contribution in [0, 0.1) is 0 Å². The summed E-state index contributed by atoms with van der Waals surface area (Å²) in [5, 5.41) is 2.92. The van der Waals surface area contributed by atoms with Crippen LogP contribution >= 0.6 is 15.9 Å². The number of hydrogen-bond acceptors (Lipinski definition) is 4. The van der Waals surface area contributed by atoms with E-state index in [1.807, 2.05) is 48.8 Å². The molecule has 122 valence electrons. The van der Waals surface area contributed by atoms with Crippen LogP contribution in [0.1, 0.15) is 5.56 Å². The van der Waals surface area contributed by atoms with Gasteiger partial charge in [0.05, 0.1) is 5.57 Å². The van der Waals surface area contributed by atoms with Crippen LogP contribution in [0.15, 0.2) is 53.3 Å². The Morgan fingerprint density at radius 2 is 1.96 bits per heavy atom. The summed E-state index contributed by atoms with van der Waals surface area (Å²) in [5.41, 5.74) is 2.57. The number of pyridine rings is 1. The topological polar surface area (TPSA) is 48.5 Å². The molecule has 6 heteroatoms. The molecule has 1 aromatic carbocycles. The average Bonchev–Trinajstić information content (AvgIpc) is 2.92. The maximum atomic E-state index is 12.3. The minimum absolute atomic E-state index is 0.0322. The molecule has 5 nitrogen and oxygen atoms in total. The molecule has 1 saturated heterocycles. The first-order valence-electron chi connectivity index (χ1n) is 7.94. The van der Waals surface area contributed by atoms with Crippen molar-refractivity contribution in [2.75, 3.05) is 36.4 Å². The van der Waals surface area contributed by atoms with E-state index in [1.165, 1.54) is 0 Å². The number of carbonyl (C=O) groups is 1. The van der Waals surface area contributed by atoms with Crippen LogP contribution in [0.2, 0.25) is 0 Å². The van der Waals surface area contributed by atoms with Crippen LogP contribution in [-0.2, 0) is 4.79 Å². The Bertz CT molecular complexity index is 798. The standard InChI is InChI=1S/C18H17BrN4O/c19-13-4-5-16-14(11-13)15(18(24)21-16)12-22-7-9-23(10-8-22)17-3-1-2-6-20-17/h1-6,11-12H,7-10H2,(H,21,24)/b15-12+. The number of carbonyl (C=O) groups excluding carboxylic acids is 1. The SMILES string of the molecule is O=C1Nc2ccc(Br)cc2/C1=C\N1CCN(c2ccccn2)CC1. The van der Waals surface area contributed by atoms with Crippen LogP contribution in [0.5, 0.6) is 0 Å². The van der Waals surface area contributed by atoms with Crippen molar-refractivity contribution in [1.82, 2.24) is 9.88 Å². The van der Waals surface area contributed by atoms with Crippen molar-refractivity contribution in [2.24, 2.45) is 0 Å². The molecule has 0 saturated carbocycles. The lowest BCUT2D eigenvalue weighted by molar-refractivity contribution is -0.110. The first-order chi connectivity index (χ1) is 11.7. The highest BCUT2D eigenvalue weighted by molar-refractivity contribution is 9.10. The van der Waals surface area contributed by atoms with Gasteiger partial charge >= 0.3 is 0 Å². The van der Waals surface area contributed by atoms with Gasteiger partial charge in [0.1, 0.15) is 5.82 Å². The summed E-state index contributed by atoms with van der Waals surface area (Å²) in [6.07, 6.45) is 3.81. The summed E-state index contributed by atoms with van der Waals surface area (Å²) in [6, 6.07) is 11.8. The summed E-state index contributed by atoms with van der Waals surface area (Å²) in [4.78, 5) is 21.1. The van der Waals surface area contributed by atoms with Gasteiger partial charge in [0.25, 0.3) is 5.91 Å². The van der Waals surface area contributed by atoms with E-state index in [9.17, 15) is 4.79 Å². The van der Waals surface area contributed by atoms with Gasteiger partial charge in [-0.25, -0.2) is 4.98 Å². The van der Waals surface area contributed by atoms with Crippen molar-refractivity contribution in [3.8, 4) is 0 Å². The zero-order chi connectivity index (χ0) is 16.5. The first-order valence-corrected chi connectivity index (χ1v) is 8.73. The van der Waals surface area contributed by atoms with Gasteiger partial charge in [-0.3, -0.25) is 4.79 Å². The maximum Gasteiger partial charge on any atom is 0.257 e. The molecule has 1 N–H and O–H groups in total. The second-order valence-electron chi connectivity index (χ2n) is 5.90. The van der Waals surface area contributed by atoms with Crippen LogP contribution < -0.4 is 10.2 Å². The normalized spacial score (nSPS) is 18.7. The molecule has 3 heterocycles. The Hall–Kier alpha value is -2.34. The van der Waals surface area contributed by atoms with Crippen LogP contribution in [0.4, 0.5) is 11.5 Å². The van der Waals surface area contributed by atoms with Crippen molar-refractivity contribution in [2.45, 2.75) is 0 Å². The fourth-order valence-electron chi connectivity index (χ4n) is 3.09. The molecule has 0 bridgehead atoms. The average molecular weight is 385 g/mol. The predicted octanol–water partition coefficient (Wildman–Crippen LogP) is 2.96. The van der Waals surface area contributed by atoms with Crippen molar-refractivity contribution < 1.29 is 4.79 Å². The molecule has 1 aromatic heterocycles. The predicted molar refractivity (Wildman–Crippen MR) is 98.8 cm³/mol. The number of nitrogens with zero attached hydrogens (tertiary/aromatic N) is 3. The van der Waals surface area contributed by atoms with E-state index < -0.39 is 0 Å². The zero-order valence-corrected chi connectivity index (χ0v) is 14.7. The van der Waals surface area contributed by atoms with Gasteiger partial charge in [-0.2, -0.15) is 0 Å². The molecule has 24 heavy (non-hydrogen) atoms. The minimum atomic E-state index is -0.0322. The highest BCUT2D eigenvalue weighted by Gasteiger charge is 2.26. The van der Waals surface area contributed by atoms with Gasteiger partial charge in [0.2, 0.25) is 0 Å². The fourth-order valence-corrected chi connectivity index (χ4v) is 3.45. The smallest absolute Gasteiger partial charge is 0.257 e. The number of piperazine rings is 1. The molecule has 4 rings (SSSR count). The molecular weight excluding hydrogens is 368 g/mol. The van der Waals surface area contributed by atoms with Crippen molar-refractivity contribution in [3.05, 3.63) is 58.8 Å². The van der Waals surface area contributed by atoms with Crippen molar-refractivity contribution >= 4 is 38.9 Å². The molecular formula is C18H17BrN4O. The second kappa shape index (κ2) is 6.28. The van der Waals surface area contributed by atoms with Gasteiger partial charge < -0.3 is 15.1 Å². The number of halogens is 1. The molecule has 0 spiro atoms. The lowest BCUT2D eigenvalue weighted by Crippen LogP contribution is -2.44. The second-order valence-corrected chi connectivity index (χ2v) is 6.81. The molecule has 0 radical (unpaired) electrons. The van der Waals surface area contributed by atoms with Crippen LogP contribution in [-0.4, -0.2) is 42.0 Å². The molecule has 0 aliphatic carbocycles. The number of fused-ring (bicyclic) bond motifs is 1. The Labute approximate surface area is 149 Å². The third-order valence-electron chi connectivity index (χ3n) is 4.36. The number of benzene rings is 1. The molecule has 0 unspecified atom stereocenters. The highest BCUT2D eigenvalue weighted by Crippen LogP contribution is 2.34. The van der Waals surface area contributed by atoms with Gasteiger partial charge in [-0.15, -0.1) is 0 Å². The summed E-state index contributed by atoms with van der Waals surface area (Å²) < 4.78 is 0.976. The Kier molecular flexibility index (Phi) is 3.98. The van der Waals surface area contributed by atoms with E-state index in [4.69, 9.17) is 0 Å². The first kappa shape index (κ1) is 15.2. The summed E-state index contributed by atoms with van der Waals surface area (Å²) in [5.74, 6) is 0.980. The minimum Gasteiger partial charge on any atom is -0.373 e. The molecule has 2 aliphatic heterocycles. The summed E-state index contributed by atoms with van der Waals surface area (Å²) in [6.45, 7) is 3.54. The molecule has 0 atom stereocenters. The molecule has 2 aliphatic rings. The third-order valence-corrected chi connectivity index (χ3v) is 4.86. The summed E-state index contributed by atoms with van der Waals surface area (Å²) >= 11 is 3.48. The lowest BCUT2D eigenvalue weighted by Gasteiger charge is -2.35. The molecule has 1 amide bonds. The fraction of sp³-hybridized carbons (Fsp3) is 0.222.